The van der Waals surface area contributed by atoms with E-state index in [1.165, 1.54) is 13.2 Å². The first-order valence-electron chi connectivity index (χ1n) is 6.07. The topological polar surface area (TPSA) is 90.4 Å². The molecule has 1 aromatic rings. The molecule has 0 radical (unpaired) electrons. The van der Waals surface area contributed by atoms with Crippen molar-refractivity contribution >= 4 is 16.9 Å². The quantitative estimate of drug-likeness (QED) is 0.494. The van der Waals surface area contributed by atoms with Crippen LogP contribution in [0.5, 0.6) is 5.75 Å². The van der Waals surface area contributed by atoms with Gasteiger partial charge >= 0.3 is 0 Å². The van der Waals surface area contributed by atoms with E-state index in [4.69, 9.17) is 10.5 Å². The highest BCUT2D eigenvalue weighted by atomic mass is 16.6. The zero-order valence-corrected chi connectivity index (χ0v) is 11.0. The second-order valence-corrected chi connectivity index (χ2v) is 4.61. The van der Waals surface area contributed by atoms with Gasteiger partial charge in [0.1, 0.15) is 5.75 Å². The molecule has 102 valence electrons. The fourth-order valence-electron chi connectivity index (χ4n) is 2.26. The molecule has 0 spiro atoms. The van der Waals surface area contributed by atoms with Crippen LogP contribution >= 0.6 is 0 Å². The molecular formula is C13H17N3O3. The number of anilines is 1. The third-order valence-electron chi connectivity index (χ3n) is 3.23. The molecule has 6 nitrogen and oxygen atoms in total. The summed E-state index contributed by atoms with van der Waals surface area (Å²) in [7, 11) is 1.50. The van der Waals surface area contributed by atoms with Crippen LogP contribution in [0.3, 0.4) is 0 Å². The summed E-state index contributed by atoms with van der Waals surface area (Å²) in [4.78, 5) is 10.8. The Balaban J connectivity index is 2.53. The Morgan fingerprint density at radius 3 is 2.84 bits per heavy atom. The minimum absolute atomic E-state index is 0.0265. The number of hydrogen-bond acceptors (Lipinski definition) is 5. The molecular weight excluding hydrogens is 246 g/mol. The lowest BCUT2D eigenvalue weighted by Gasteiger charge is -2.21. The van der Waals surface area contributed by atoms with E-state index in [0.717, 1.165) is 12.0 Å². The predicted molar refractivity (Wildman–Crippen MR) is 74.1 cm³/mol. The average molecular weight is 263 g/mol. The van der Waals surface area contributed by atoms with Crippen molar-refractivity contribution in [2.45, 2.75) is 19.4 Å². The standard InChI is InChI=1S/C13H17N3O3/c1-8-5-9(3-4-15-8)10-6-13(19-2)11(14)7-12(10)16(17)18/h3,6-8,15H,4-5,14H2,1-2H3. The van der Waals surface area contributed by atoms with Crippen molar-refractivity contribution in [1.82, 2.24) is 5.32 Å². The van der Waals surface area contributed by atoms with Gasteiger partial charge in [-0.2, -0.15) is 0 Å². The molecule has 0 saturated carbocycles. The molecule has 6 heteroatoms. The molecule has 2 rings (SSSR count). The zero-order valence-electron chi connectivity index (χ0n) is 11.0. The van der Waals surface area contributed by atoms with Crippen molar-refractivity contribution in [2.75, 3.05) is 19.4 Å². The first kappa shape index (κ1) is 13.4. The molecule has 0 saturated heterocycles. The van der Waals surface area contributed by atoms with Crippen LogP contribution in [0, 0.1) is 10.1 Å². The molecule has 1 aliphatic rings. The Bertz CT molecular complexity index is 540. The van der Waals surface area contributed by atoms with Crippen molar-refractivity contribution in [3.8, 4) is 5.75 Å². The number of nitrogens with two attached hydrogens (primary N) is 1. The lowest BCUT2D eigenvalue weighted by molar-refractivity contribution is -0.385. The third-order valence-corrected chi connectivity index (χ3v) is 3.23. The first-order chi connectivity index (χ1) is 9.02. The summed E-state index contributed by atoms with van der Waals surface area (Å²) < 4.78 is 5.15. The van der Waals surface area contributed by atoms with E-state index in [0.29, 0.717) is 23.9 Å². The van der Waals surface area contributed by atoms with E-state index in [-0.39, 0.29) is 11.4 Å². The number of nitrogens with zero attached hydrogens (tertiary/aromatic N) is 1. The molecule has 0 aliphatic carbocycles. The molecule has 0 amide bonds. The van der Waals surface area contributed by atoms with E-state index >= 15 is 0 Å². The number of rotatable bonds is 3. The predicted octanol–water partition coefficient (Wildman–Crippen LogP) is 1.95. The maximum atomic E-state index is 11.2. The number of nitrogens with one attached hydrogen (secondary N) is 1. The first-order valence-corrected chi connectivity index (χ1v) is 6.07. The van der Waals surface area contributed by atoms with Gasteiger partial charge < -0.3 is 15.8 Å². The molecule has 1 unspecified atom stereocenters. The molecule has 0 aromatic heterocycles. The Labute approximate surface area is 111 Å². The van der Waals surface area contributed by atoms with E-state index in [1.807, 2.05) is 13.0 Å². The van der Waals surface area contributed by atoms with Crippen molar-refractivity contribution in [3.63, 3.8) is 0 Å². The highest BCUT2D eigenvalue weighted by molar-refractivity contribution is 5.78. The normalized spacial score (nSPS) is 18.8. The van der Waals surface area contributed by atoms with Crippen LogP contribution in [0.25, 0.3) is 5.57 Å². The van der Waals surface area contributed by atoms with Crippen LogP contribution < -0.4 is 15.8 Å². The Morgan fingerprint density at radius 2 is 2.26 bits per heavy atom. The molecule has 19 heavy (non-hydrogen) atoms. The molecule has 1 atom stereocenters. The molecule has 0 bridgehead atoms. The van der Waals surface area contributed by atoms with Gasteiger partial charge in [0.25, 0.3) is 5.69 Å². The van der Waals surface area contributed by atoms with E-state index < -0.39 is 4.92 Å². The van der Waals surface area contributed by atoms with Gasteiger partial charge in [0.15, 0.2) is 0 Å². The average Bonchev–Trinajstić information content (AvgIpc) is 2.38. The number of nitrogen functional groups attached to an aromatic ring is 1. The van der Waals surface area contributed by atoms with Crippen LogP contribution in [-0.4, -0.2) is 24.6 Å². The Hall–Kier alpha value is -2.08. The van der Waals surface area contributed by atoms with Gasteiger partial charge in [-0.25, -0.2) is 0 Å². The maximum absolute atomic E-state index is 11.2. The zero-order chi connectivity index (χ0) is 14.0. The Kier molecular flexibility index (Phi) is 3.71. The van der Waals surface area contributed by atoms with Gasteiger partial charge in [-0.05, 0) is 25.0 Å². The number of methoxy groups -OCH3 is 1. The van der Waals surface area contributed by atoms with Gasteiger partial charge in [0.05, 0.1) is 23.3 Å². The smallest absolute Gasteiger partial charge is 0.279 e. The highest BCUT2D eigenvalue weighted by Gasteiger charge is 2.22. The molecule has 3 N–H and O–H groups in total. The lowest BCUT2D eigenvalue weighted by atomic mass is 9.94. The van der Waals surface area contributed by atoms with Gasteiger partial charge in [-0.15, -0.1) is 0 Å². The van der Waals surface area contributed by atoms with Gasteiger partial charge in [-0.3, -0.25) is 10.1 Å². The second kappa shape index (κ2) is 5.27. The summed E-state index contributed by atoms with van der Waals surface area (Å²) in [5, 5.41) is 14.4. The van der Waals surface area contributed by atoms with Crippen LogP contribution in [-0.2, 0) is 0 Å². The lowest BCUT2D eigenvalue weighted by Crippen LogP contribution is -2.30. The fourth-order valence-corrected chi connectivity index (χ4v) is 2.26. The number of benzene rings is 1. The van der Waals surface area contributed by atoms with Gasteiger partial charge in [0, 0.05) is 18.7 Å². The van der Waals surface area contributed by atoms with Crippen LogP contribution in [0.15, 0.2) is 18.2 Å². The number of ether oxygens (including phenoxy) is 1. The highest BCUT2D eigenvalue weighted by Crippen LogP contribution is 2.36. The monoisotopic (exact) mass is 263 g/mol. The molecule has 1 aromatic carbocycles. The fraction of sp³-hybridized carbons (Fsp3) is 0.385. The SMILES string of the molecule is COc1cc(C2=CCNC(C)C2)c([N+](=O)[O-])cc1N. The minimum atomic E-state index is -0.404. The maximum Gasteiger partial charge on any atom is 0.279 e. The summed E-state index contributed by atoms with van der Waals surface area (Å²) in [5.41, 5.74) is 7.58. The molecule has 1 heterocycles. The van der Waals surface area contributed by atoms with Gasteiger partial charge in [0.2, 0.25) is 0 Å². The van der Waals surface area contributed by atoms with E-state index in [1.54, 1.807) is 6.07 Å². The number of hydrogen-bond donors (Lipinski definition) is 2. The van der Waals surface area contributed by atoms with Crippen LogP contribution in [0.4, 0.5) is 11.4 Å². The number of nitro groups is 1. The van der Waals surface area contributed by atoms with Crippen molar-refractivity contribution in [2.24, 2.45) is 0 Å². The van der Waals surface area contributed by atoms with Crippen LogP contribution in [0.2, 0.25) is 0 Å². The summed E-state index contributed by atoms with van der Waals surface area (Å²) in [6, 6.07) is 3.31. The van der Waals surface area contributed by atoms with Gasteiger partial charge in [-0.1, -0.05) is 6.08 Å². The molecule has 0 fully saturated rings. The summed E-state index contributed by atoms with van der Waals surface area (Å²) in [5.74, 6) is 0.465. The Morgan fingerprint density at radius 1 is 1.53 bits per heavy atom. The van der Waals surface area contributed by atoms with Crippen LogP contribution in [0.1, 0.15) is 18.9 Å². The summed E-state index contributed by atoms with van der Waals surface area (Å²) in [6.07, 6.45) is 2.71. The van der Waals surface area contributed by atoms with E-state index in [9.17, 15) is 10.1 Å². The third kappa shape index (κ3) is 2.68. The van der Waals surface area contributed by atoms with E-state index in [2.05, 4.69) is 5.32 Å². The summed E-state index contributed by atoms with van der Waals surface area (Å²) in [6.45, 7) is 2.76. The second-order valence-electron chi connectivity index (χ2n) is 4.61. The van der Waals surface area contributed by atoms with Crippen molar-refractivity contribution in [1.29, 1.82) is 0 Å². The minimum Gasteiger partial charge on any atom is -0.495 e. The summed E-state index contributed by atoms with van der Waals surface area (Å²) >= 11 is 0. The largest absolute Gasteiger partial charge is 0.495 e. The van der Waals surface area contributed by atoms with Crippen molar-refractivity contribution in [3.05, 3.63) is 33.9 Å². The molecule has 1 aliphatic heterocycles. The van der Waals surface area contributed by atoms with Crippen molar-refractivity contribution < 1.29 is 9.66 Å². The number of nitro benzene ring substituents is 1.